The molecule has 2 nitrogen and oxygen atoms in total. The molecule has 0 saturated carbocycles. The molecule has 0 bridgehead atoms. The quantitative estimate of drug-likeness (QED) is 0.794. The van der Waals surface area contributed by atoms with Gasteiger partial charge in [0, 0.05) is 19.1 Å². The Hall–Kier alpha value is -0.290. The number of likely N-dealkylation sites (tertiary alicyclic amines) is 1. The minimum absolute atomic E-state index is 0.118. The summed E-state index contributed by atoms with van der Waals surface area (Å²) in [4.78, 5) is 1.88. The van der Waals surface area contributed by atoms with E-state index in [4.69, 9.17) is 5.73 Å². The van der Waals surface area contributed by atoms with Crippen LogP contribution in [0.5, 0.6) is 0 Å². The second-order valence-electron chi connectivity index (χ2n) is 4.29. The summed E-state index contributed by atoms with van der Waals surface area (Å²) >= 11 is 0. The molecule has 0 aromatic heterocycles. The maximum atomic E-state index is 12.0. The molecule has 0 amide bonds. The number of nitrogens with zero attached hydrogens (tertiary/aromatic N) is 1. The minimum atomic E-state index is -4.04. The van der Waals surface area contributed by atoms with Crippen molar-refractivity contribution in [3.05, 3.63) is 0 Å². The van der Waals surface area contributed by atoms with Crippen LogP contribution in [-0.4, -0.2) is 36.8 Å². The highest BCUT2D eigenvalue weighted by Crippen LogP contribution is 2.23. The van der Waals surface area contributed by atoms with Crippen molar-refractivity contribution in [2.24, 2.45) is 11.7 Å². The lowest BCUT2D eigenvalue weighted by molar-refractivity contribution is -0.138. The van der Waals surface area contributed by atoms with Gasteiger partial charge in [-0.15, -0.1) is 0 Å². The maximum Gasteiger partial charge on any atom is 0.390 e. The van der Waals surface area contributed by atoms with E-state index < -0.39 is 12.6 Å². The lowest BCUT2D eigenvalue weighted by Crippen LogP contribution is -2.47. The SMILES string of the molecule is CCC1CN(CCC(F)(F)F)CCC1N. The number of nitrogens with two attached hydrogens (primary N) is 1. The third-order valence-electron chi connectivity index (χ3n) is 3.11. The van der Waals surface area contributed by atoms with Crippen molar-refractivity contribution < 1.29 is 13.2 Å². The van der Waals surface area contributed by atoms with E-state index in [1.54, 1.807) is 0 Å². The molecule has 1 aliphatic heterocycles. The van der Waals surface area contributed by atoms with Gasteiger partial charge in [0.2, 0.25) is 0 Å². The summed E-state index contributed by atoms with van der Waals surface area (Å²) in [6.07, 6.45) is -2.99. The van der Waals surface area contributed by atoms with Crippen LogP contribution < -0.4 is 5.73 Å². The van der Waals surface area contributed by atoms with Gasteiger partial charge < -0.3 is 10.6 Å². The third-order valence-corrected chi connectivity index (χ3v) is 3.11. The van der Waals surface area contributed by atoms with Crippen LogP contribution in [0.25, 0.3) is 0 Å². The van der Waals surface area contributed by atoms with Crippen LogP contribution in [0, 0.1) is 5.92 Å². The van der Waals surface area contributed by atoms with Crippen LogP contribution in [0.4, 0.5) is 13.2 Å². The van der Waals surface area contributed by atoms with Crippen molar-refractivity contribution in [3.63, 3.8) is 0 Å². The number of alkyl halides is 3. The van der Waals surface area contributed by atoms with E-state index in [2.05, 4.69) is 0 Å². The largest absolute Gasteiger partial charge is 0.390 e. The van der Waals surface area contributed by atoms with Crippen LogP contribution in [0.15, 0.2) is 0 Å². The molecule has 0 aromatic carbocycles. The molecular weight excluding hydrogens is 205 g/mol. The number of hydrogen-bond donors (Lipinski definition) is 1. The fraction of sp³-hybridized carbons (Fsp3) is 1.00. The monoisotopic (exact) mass is 224 g/mol. The van der Waals surface area contributed by atoms with E-state index in [0.717, 1.165) is 12.8 Å². The van der Waals surface area contributed by atoms with Crippen molar-refractivity contribution in [3.8, 4) is 0 Å². The second-order valence-corrected chi connectivity index (χ2v) is 4.29. The zero-order chi connectivity index (χ0) is 11.5. The average Bonchev–Trinajstić information content (AvgIpc) is 2.15. The van der Waals surface area contributed by atoms with Crippen LogP contribution in [-0.2, 0) is 0 Å². The zero-order valence-electron chi connectivity index (χ0n) is 9.06. The van der Waals surface area contributed by atoms with Crippen LogP contribution in [0.3, 0.4) is 0 Å². The molecule has 5 heteroatoms. The van der Waals surface area contributed by atoms with E-state index in [1.165, 1.54) is 0 Å². The van der Waals surface area contributed by atoms with E-state index in [-0.39, 0.29) is 12.6 Å². The van der Waals surface area contributed by atoms with Gasteiger partial charge in [-0.05, 0) is 18.9 Å². The number of piperidine rings is 1. The fourth-order valence-electron chi connectivity index (χ4n) is 2.05. The Bertz CT molecular complexity index is 194. The second kappa shape index (κ2) is 5.16. The molecule has 2 unspecified atom stereocenters. The van der Waals surface area contributed by atoms with E-state index in [9.17, 15) is 13.2 Å². The number of halogens is 3. The first-order chi connectivity index (χ1) is 6.92. The molecule has 0 radical (unpaired) electrons. The molecule has 1 fully saturated rings. The minimum Gasteiger partial charge on any atom is -0.327 e. The summed E-state index contributed by atoms with van der Waals surface area (Å²) in [5, 5.41) is 0. The Morgan fingerprint density at radius 2 is 2.07 bits per heavy atom. The highest BCUT2D eigenvalue weighted by Gasteiger charge is 2.30. The van der Waals surface area contributed by atoms with E-state index >= 15 is 0 Å². The van der Waals surface area contributed by atoms with Gasteiger partial charge in [0.1, 0.15) is 0 Å². The Morgan fingerprint density at radius 1 is 1.40 bits per heavy atom. The standard InChI is InChI=1S/C10H19F3N2/c1-2-8-7-15(5-3-9(8)14)6-4-10(11,12)13/h8-9H,2-7,14H2,1H3. The normalized spacial score (nSPS) is 29.4. The molecule has 2 atom stereocenters. The molecule has 90 valence electrons. The molecule has 0 spiro atoms. The summed E-state index contributed by atoms with van der Waals surface area (Å²) in [6, 6.07) is 0.164. The number of hydrogen-bond acceptors (Lipinski definition) is 2. The summed E-state index contributed by atoms with van der Waals surface area (Å²) in [6.45, 7) is 3.58. The van der Waals surface area contributed by atoms with Crippen molar-refractivity contribution in [1.82, 2.24) is 4.90 Å². The molecule has 2 N–H and O–H groups in total. The summed E-state index contributed by atoms with van der Waals surface area (Å²) in [5.41, 5.74) is 5.88. The Labute approximate surface area is 88.6 Å². The van der Waals surface area contributed by atoms with Crippen molar-refractivity contribution in [2.45, 2.75) is 38.4 Å². The molecule has 0 aromatic rings. The molecule has 1 saturated heterocycles. The van der Waals surface area contributed by atoms with Gasteiger partial charge in [-0.1, -0.05) is 13.3 Å². The fourth-order valence-corrected chi connectivity index (χ4v) is 2.05. The average molecular weight is 224 g/mol. The van der Waals surface area contributed by atoms with Gasteiger partial charge in [0.05, 0.1) is 6.42 Å². The highest BCUT2D eigenvalue weighted by atomic mass is 19.4. The first-order valence-corrected chi connectivity index (χ1v) is 5.47. The molecule has 0 aliphatic carbocycles. The third kappa shape index (κ3) is 4.38. The Morgan fingerprint density at radius 3 is 2.60 bits per heavy atom. The van der Waals surface area contributed by atoms with Crippen LogP contribution in [0.2, 0.25) is 0 Å². The van der Waals surface area contributed by atoms with E-state index in [1.807, 2.05) is 11.8 Å². The van der Waals surface area contributed by atoms with Crippen molar-refractivity contribution in [2.75, 3.05) is 19.6 Å². The Balaban J connectivity index is 2.32. The first-order valence-electron chi connectivity index (χ1n) is 5.47. The molecule has 1 aliphatic rings. The molecule has 1 heterocycles. The van der Waals surface area contributed by atoms with Gasteiger partial charge in [0.15, 0.2) is 0 Å². The predicted molar refractivity (Wildman–Crippen MR) is 53.5 cm³/mol. The van der Waals surface area contributed by atoms with Crippen molar-refractivity contribution >= 4 is 0 Å². The van der Waals surface area contributed by atoms with Crippen LogP contribution >= 0.6 is 0 Å². The smallest absolute Gasteiger partial charge is 0.327 e. The van der Waals surface area contributed by atoms with E-state index in [0.29, 0.717) is 19.0 Å². The molecular formula is C10H19F3N2. The molecule has 1 rings (SSSR count). The summed E-state index contributed by atoms with van der Waals surface area (Å²) in [7, 11) is 0. The van der Waals surface area contributed by atoms with Gasteiger partial charge in [-0.3, -0.25) is 0 Å². The summed E-state index contributed by atoms with van der Waals surface area (Å²) in [5.74, 6) is 0.354. The summed E-state index contributed by atoms with van der Waals surface area (Å²) < 4.78 is 36.0. The van der Waals surface area contributed by atoms with Gasteiger partial charge >= 0.3 is 6.18 Å². The highest BCUT2D eigenvalue weighted by molar-refractivity contribution is 4.82. The number of rotatable bonds is 3. The van der Waals surface area contributed by atoms with Crippen molar-refractivity contribution in [1.29, 1.82) is 0 Å². The van der Waals surface area contributed by atoms with Crippen LogP contribution in [0.1, 0.15) is 26.2 Å². The van der Waals surface area contributed by atoms with Gasteiger partial charge in [0.25, 0.3) is 0 Å². The van der Waals surface area contributed by atoms with Gasteiger partial charge in [-0.2, -0.15) is 13.2 Å². The zero-order valence-corrected chi connectivity index (χ0v) is 9.06. The maximum absolute atomic E-state index is 12.0. The predicted octanol–water partition coefficient (Wildman–Crippen LogP) is 2.00. The lowest BCUT2D eigenvalue weighted by atomic mass is 9.91. The lowest BCUT2D eigenvalue weighted by Gasteiger charge is -2.36. The van der Waals surface area contributed by atoms with Gasteiger partial charge in [-0.25, -0.2) is 0 Å². The first kappa shape index (κ1) is 12.8. The molecule has 15 heavy (non-hydrogen) atoms. The Kier molecular flexibility index (Phi) is 4.40. The topological polar surface area (TPSA) is 29.3 Å².